The van der Waals surface area contributed by atoms with Gasteiger partial charge in [0, 0.05) is 19.6 Å². The van der Waals surface area contributed by atoms with Crippen LogP contribution < -0.4 is 4.74 Å². The minimum atomic E-state index is -0.175. The van der Waals surface area contributed by atoms with E-state index < -0.39 is 0 Å². The Hall–Kier alpha value is -2.41. The zero-order valence-electron chi connectivity index (χ0n) is 17.5. The summed E-state index contributed by atoms with van der Waals surface area (Å²) in [7, 11) is 0. The van der Waals surface area contributed by atoms with Gasteiger partial charge in [-0.2, -0.15) is 4.98 Å². The first-order chi connectivity index (χ1) is 14.8. The lowest BCUT2D eigenvalue weighted by Gasteiger charge is -2.33. The number of nitrogens with zero attached hydrogens (tertiary/aromatic N) is 3. The molecule has 1 aliphatic carbocycles. The standard InChI is InChI=1S/C23H31N3O4/c27-22(17-29-19-10-2-1-3-11-19)26-14-7-6-12-20(26)23-24-21(25-30-23)13-15-28-16-18-8-4-5-9-18/h1-3,10-11,18,20H,4-9,12-17H2. The molecular weight excluding hydrogens is 382 g/mol. The lowest BCUT2D eigenvalue weighted by Crippen LogP contribution is -2.41. The number of likely N-dealkylation sites (tertiary alicyclic amines) is 1. The molecule has 7 nitrogen and oxygen atoms in total. The van der Waals surface area contributed by atoms with Crippen LogP contribution >= 0.6 is 0 Å². The Morgan fingerprint density at radius 1 is 1.10 bits per heavy atom. The molecule has 1 atom stereocenters. The van der Waals surface area contributed by atoms with Gasteiger partial charge in [0.15, 0.2) is 12.4 Å². The van der Waals surface area contributed by atoms with Crippen molar-refractivity contribution in [2.75, 3.05) is 26.4 Å². The first-order valence-electron chi connectivity index (χ1n) is 11.2. The molecule has 162 valence electrons. The van der Waals surface area contributed by atoms with Crippen LogP contribution in [0.4, 0.5) is 0 Å². The summed E-state index contributed by atoms with van der Waals surface area (Å²) < 4.78 is 17.0. The average Bonchev–Trinajstić information content (AvgIpc) is 3.48. The van der Waals surface area contributed by atoms with Gasteiger partial charge in [0.1, 0.15) is 11.8 Å². The molecule has 0 radical (unpaired) electrons. The molecule has 4 rings (SSSR count). The zero-order valence-corrected chi connectivity index (χ0v) is 17.5. The summed E-state index contributed by atoms with van der Waals surface area (Å²) in [5, 5.41) is 4.11. The number of benzene rings is 1. The fraction of sp³-hybridized carbons (Fsp3) is 0.609. The number of carbonyl (C=O) groups excluding carboxylic acids is 1. The van der Waals surface area contributed by atoms with E-state index in [1.54, 1.807) is 0 Å². The molecule has 2 aromatic rings. The average molecular weight is 414 g/mol. The zero-order chi connectivity index (χ0) is 20.6. The van der Waals surface area contributed by atoms with Gasteiger partial charge >= 0.3 is 0 Å². The first-order valence-corrected chi connectivity index (χ1v) is 11.2. The van der Waals surface area contributed by atoms with Crippen molar-refractivity contribution in [1.82, 2.24) is 15.0 Å². The molecule has 2 heterocycles. The summed E-state index contributed by atoms with van der Waals surface area (Å²) in [4.78, 5) is 19.2. The number of rotatable bonds is 9. The quantitative estimate of drug-likeness (QED) is 0.579. The molecule has 1 saturated carbocycles. The third-order valence-corrected chi connectivity index (χ3v) is 6.00. The van der Waals surface area contributed by atoms with Crippen LogP contribution in [0.15, 0.2) is 34.9 Å². The van der Waals surface area contributed by atoms with Crippen molar-refractivity contribution in [3.8, 4) is 5.75 Å². The van der Waals surface area contributed by atoms with Gasteiger partial charge in [-0.15, -0.1) is 0 Å². The smallest absolute Gasteiger partial charge is 0.261 e. The van der Waals surface area contributed by atoms with Crippen LogP contribution in [0.2, 0.25) is 0 Å². The summed E-state index contributed by atoms with van der Waals surface area (Å²) >= 11 is 0. The van der Waals surface area contributed by atoms with E-state index in [4.69, 9.17) is 14.0 Å². The Bertz CT molecular complexity index is 789. The molecule has 1 aromatic carbocycles. The maximum absolute atomic E-state index is 12.8. The second-order valence-electron chi connectivity index (χ2n) is 8.22. The van der Waals surface area contributed by atoms with Crippen molar-refractivity contribution < 1.29 is 18.8 Å². The molecular formula is C23H31N3O4. The van der Waals surface area contributed by atoms with Crippen LogP contribution in [0.3, 0.4) is 0 Å². The first kappa shape index (κ1) is 20.8. The van der Waals surface area contributed by atoms with Crippen LogP contribution in [0.25, 0.3) is 0 Å². The van der Waals surface area contributed by atoms with Gasteiger partial charge in [-0.1, -0.05) is 36.2 Å². The Balaban J connectivity index is 1.28. The Morgan fingerprint density at radius 2 is 1.90 bits per heavy atom. The van der Waals surface area contributed by atoms with Crippen LogP contribution in [0.1, 0.15) is 62.7 Å². The van der Waals surface area contributed by atoms with E-state index in [9.17, 15) is 4.79 Å². The van der Waals surface area contributed by atoms with Crippen molar-refractivity contribution in [2.24, 2.45) is 5.92 Å². The van der Waals surface area contributed by atoms with Gasteiger partial charge in [0.2, 0.25) is 5.89 Å². The van der Waals surface area contributed by atoms with Gasteiger partial charge in [-0.3, -0.25) is 4.79 Å². The predicted molar refractivity (Wildman–Crippen MR) is 111 cm³/mol. The van der Waals surface area contributed by atoms with Crippen molar-refractivity contribution in [3.63, 3.8) is 0 Å². The molecule has 2 fully saturated rings. The normalized spacial score (nSPS) is 19.9. The van der Waals surface area contributed by atoms with E-state index in [1.165, 1.54) is 25.7 Å². The predicted octanol–water partition coefficient (Wildman–Crippen LogP) is 3.95. The maximum atomic E-state index is 12.8. The van der Waals surface area contributed by atoms with E-state index in [2.05, 4.69) is 10.1 Å². The Labute approximate surface area is 177 Å². The monoisotopic (exact) mass is 413 g/mol. The molecule has 1 aromatic heterocycles. The molecule has 1 aliphatic heterocycles. The van der Waals surface area contributed by atoms with E-state index >= 15 is 0 Å². The lowest BCUT2D eigenvalue weighted by molar-refractivity contribution is -0.138. The minimum absolute atomic E-state index is 0.0104. The highest BCUT2D eigenvalue weighted by molar-refractivity contribution is 5.78. The Kier molecular flexibility index (Phi) is 7.34. The van der Waals surface area contributed by atoms with Crippen molar-refractivity contribution >= 4 is 5.91 Å². The van der Waals surface area contributed by atoms with Gasteiger partial charge in [-0.05, 0) is 50.2 Å². The topological polar surface area (TPSA) is 77.7 Å². The van der Waals surface area contributed by atoms with Gasteiger partial charge in [0.05, 0.1) is 6.61 Å². The summed E-state index contributed by atoms with van der Waals surface area (Å²) in [6.07, 6.45) is 8.70. The molecule has 1 saturated heterocycles. The van der Waals surface area contributed by atoms with Crippen LogP contribution in [-0.4, -0.2) is 47.3 Å². The van der Waals surface area contributed by atoms with Crippen LogP contribution in [0.5, 0.6) is 5.75 Å². The highest BCUT2D eigenvalue weighted by atomic mass is 16.5. The van der Waals surface area contributed by atoms with Crippen LogP contribution in [0, 0.1) is 5.92 Å². The molecule has 0 spiro atoms. The van der Waals surface area contributed by atoms with Crippen molar-refractivity contribution in [1.29, 1.82) is 0 Å². The molecule has 0 bridgehead atoms. The second-order valence-corrected chi connectivity index (χ2v) is 8.22. The highest BCUT2D eigenvalue weighted by Crippen LogP contribution is 2.30. The largest absolute Gasteiger partial charge is 0.484 e. The third kappa shape index (κ3) is 5.59. The number of hydrogen-bond acceptors (Lipinski definition) is 6. The van der Waals surface area contributed by atoms with Gasteiger partial charge in [0.25, 0.3) is 5.91 Å². The van der Waals surface area contributed by atoms with Crippen molar-refractivity contribution in [2.45, 2.75) is 57.4 Å². The number of hydrogen-bond donors (Lipinski definition) is 0. The molecule has 1 amide bonds. The summed E-state index contributed by atoms with van der Waals surface area (Å²) in [6.45, 7) is 2.13. The number of para-hydroxylation sites is 1. The summed E-state index contributed by atoms with van der Waals surface area (Å²) in [5.41, 5.74) is 0. The molecule has 7 heteroatoms. The van der Waals surface area contributed by atoms with E-state index in [-0.39, 0.29) is 18.6 Å². The SMILES string of the molecule is O=C(COc1ccccc1)N1CCCCC1c1nc(CCOCC2CCCC2)no1. The Morgan fingerprint density at radius 3 is 2.73 bits per heavy atom. The third-order valence-electron chi connectivity index (χ3n) is 6.00. The number of ether oxygens (including phenoxy) is 2. The molecule has 1 unspecified atom stereocenters. The van der Waals surface area contributed by atoms with Gasteiger partial charge in [-0.25, -0.2) is 0 Å². The molecule has 2 aliphatic rings. The van der Waals surface area contributed by atoms with E-state index in [1.807, 2.05) is 35.2 Å². The van der Waals surface area contributed by atoms with Crippen LogP contribution in [-0.2, 0) is 16.0 Å². The van der Waals surface area contributed by atoms with Crippen molar-refractivity contribution in [3.05, 3.63) is 42.0 Å². The molecule has 30 heavy (non-hydrogen) atoms. The second kappa shape index (κ2) is 10.6. The minimum Gasteiger partial charge on any atom is -0.484 e. The highest BCUT2D eigenvalue weighted by Gasteiger charge is 2.32. The number of carbonyl (C=O) groups is 1. The maximum Gasteiger partial charge on any atom is 0.261 e. The van der Waals surface area contributed by atoms with E-state index in [0.29, 0.717) is 43.0 Å². The number of piperidine rings is 1. The fourth-order valence-corrected chi connectivity index (χ4v) is 4.33. The lowest BCUT2D eigenvalue weighted by atomic mass is 10.0. The number of aromatic nitrogens is 2. The number of amides is 1. The van der Waals surface area contributed by atoms with E-state index in [0.717, 1.165) is 25.9 Å². The summed E-state index contributed by atoms with van der Waals surface area (Å²) in [5.74, 6) is 2.52. The molecule has 0 N–H and O–H groups in total. The van der Waals surface area contributed by atoms with Gasteiger partial charge < -0.3 is 18.9 Å². The summed E-state index contributed by atoms with van der Waals surface area (Å²) in [6, 6.07) is 9.22. The fourth-order valence-electron chi connectivity index (χ4n) is 4.33.